The summed E-state index contributed by atoms with van der Waals surface area (Å²) in [7, 11) is 0. The minimum absolute atomic E-state index is 0.288. The van der Waals surface area contributed by atoms with Crippen LogP contribution in [0.3, 0.4) is 0 Å². The van der Waals surface area contributed by atoms with Crippen molar-refractivity contribution in [2.45, 2.75) is 44.6 Å². The first-order valence-corrected chi connectivity index (χ1v) is 10.3. The number of amides is 1. The lowest BCUT2D eigenvalue weighted by atomic mass is 9.84. The molecule has 1 aromatic rings. The fourth-order valence-electron chi connectivity index (χ4n) is 4.61. The second kappa shape index (κ2) is 8.13. The van der Waals surface area contributed by atoms with Gasteiger partial charge in [-0.3, -0.25) is 9.69 Å². The molecule has 0 radical (unpaired) electrons. The van der Waals surface area contributed by atoms with Crippen molar-refractivity contribution >= 4 is 11.6 Å². The zero-order valence-corrected chi connectivity index (χ0v) is 15.9. The maximum absolute atomic E-state index is 13.5. The molecule has 0 N–H and O–H groups in total. The summed E-state index contributed by atoms with van der Waals surface area (Å²) in [6, 6.07) is 4.68. The molecule has 0 bridgehead atoms. The third kappa shape index (κ3) is 4.10. The van der Waals surface area contributed by atoms with Gasteiger partial charge in [0.1, 0.15) is 0 Å². The largest absolute Gasteiger partial charge is 0.371 e. The second-order valence-corrected chi connectivity index (χ2v) is 8.16. The Balaban J connectivity index is 1.29. The minimum Gasteiger partial charge on any atom is -0.371 e. The molecule has 1 saturated carbocycles. The number of anilines is 1. The van der Waals surface area contributed by atoms with Crippen LogP contribution in [0.25, 0.3) is 0 Å². The van der Waals surface area contributed by atoms with Crippen LogP contribution in [0.15, 0.2) is 18.2 Å². The Morgan fingerprint density at radius 3 is 2.30 bits per heavy atom. The van der Waals surface area contributed by atoms with E-state index in [1.54, 1.807) is 6.07 Å². The van der Waals surface area contributed by atoms with Crippen LogP contribution in [-0.2, 0) is 4.79 Å². The molecule has 4 rings (SSSR count). The van der Waals surface area contributed by atoms with Gasteiger partial charge in [0, 0.05) is 63.0 Å². The number of carbonyl (C=O) groups is 1. The summed E-state index contributed by atoms with van der Waals surface area (Å²) in [5.74, 6) is -0.912. The first-order valence-electron chi connectivity index (χ1n) is 10.3. The van der Waals surface area contributed by atoms with Gasteiger partial charge >= 0.3 is 0 Å². The predicted molar refractivity (Wildman–Crippen MR) is 102 cm³/mol. The number of carbonyl (C=O) groups excluding carboxylic acids is 1. The van der Waals surface area contributed by atoms with E-state index in [4.69, 9.17) is 0 Å². The van der Waals surface area contributed by atoms with E-state index < -0.39 is 11.6 Å². The molecule has 1 aliphatic carbocycles. The Labute approximate surface area is 160 Å². The number of benzene rings is 1. The van der Waals surface area contributed by atoms with E-state index in [2.05, 4.69) is 14.7 Å². The summed E-state index contributed by atoms with van der Waals surface area (Å²) in [5.41, 5.74) is 0.764. The Bertz CT molecular complexity index is 671. The number of hydrogen-bond donors (Lipinski definition) is 0. The normalized spacial score (nSPS) is 23.2. The minimum atomic E-state index is -0.792. The average Bonchev–Trinajstić information content (AvgIpc) is 2.89. The second-order valence-electron chi connectivity index (χ2n) is 8.16. The van der Waals surface area contributed by atoms with E-state index in [-0.39, 0.29) is 5.92 Å². The van der Waals surface area contributed by atoms with E-state index in [1.165, 1.54) is 18.6 Å². The highest BCUT2D eigenvalue weighted by atomic mass is 19.2. The van der Waals surface area contributed by atoms with Gasteiger partial charge in [-0.2, -0.15) is 0 Å². The van der Waals surface area contributed by atoms with Crippen LogP contribution in [0.1, 0.15) is 38.5 Å². The first-order chi connectivity index (χ1) is 13.1. The van der Waals surface area contributed by atoms with Crippen molar-refractivity contribution < 1.29 is 13.6 Å². The van der Waals surface area contributed by atoms with Crippen molar-refractivity contribution in [3.63, 3.8) is 0 Å². The van der Waals surface area contributed by atoms with Crippen LogP contribution in [0.2, 0.25) is 0 Å². The SMILES string of the molecule is O=C(C1CCC1)N1CCCN(C2CCN(c3ccc(F)c(F)c3)CC2)CC1. The van der Waals surface area contributed by atoms with Gasteiger partial charge in [-0.15, -0.1) is 0 Å². The Morgan fingerprint density at radius 1 is 0.852 bits per heavy atom. The molecule has 0 spiro atoms. The summed E-state index contributed by atoms with van der Waals surface area (Å²) >= 11 is 0. The van der Waals surface area contributed by atoms with Crippen LogP contribution < -0.4 is 4.90 Å². The lowest BCUT2D eigenvalue weighted by molar-refractivity contribution is -0.138. The maximum atomic E-state index is 13.5. The summed E-state index contributed by atoms with van der Waals surface area (Å²) < 4.78 is 26.6. The van der Waals surface area contributed by atoms with Gasteiger partial charge < -0.3 is 9.80 Å². The quantitative estimate of drug-likeness (QED) is 0.809. The molecule has 0 unspecified atom stereocenters. The highest BCUT2D eigenvalue weighted by Gasteiger charge is 2.32. The van der Waals surface area contributed by atoms with Crippen LogP contribution in [0, 0.1) is 17.6 Å². The van der Waals surface area contributed by atoms with Gasteiger partial charge in [0.25, 0.3) is 0 Å². The van der Waals surface area contributed by atoms with Gasteiger partial charge in [-0.1, -0.05) is 6.42 Å². The molecule has 6 heteroatoms. The molecule has 3 fully saturated rings. The van der Waals surface area contributed by atoms with Gasteiger partial charge in [-0.25, -0.2) is 8.78 Å². The molecule has 1 amide bonds. The van der Waals surface area contributed by atoms with Gasteiger partial charge in [-0.05, 0) is 44.2 Å². The molecular formula is C21H29F2N3O. The number of hydrogen-bond acceptors (Lipinski definition) is 3. The van der Waals surface area contributed by atoms with E-state index in [9.17, 15) is 13.6 Å². The number of piperidine rings is 1. The summed E-state index contributed by atoms with van der Waals surface area (Å²) in [5, 5.41) is 0. The molecule has 2 saturated heterocycles. The van der Waals surface area contributed by atoms with Crippen molar-refractivity contribution in [3.05, 3.63) is 29.8 Å². The van der Waals surface area contributed by atoms with Crippen molar-refractivity contribution in [1.82, 2.24) is 9.80 Å². The van der Waals surface area contributed by atoms with Gasteiger partial charge in [0.05, 0.1) is 0 Å². The van der Waals surface area contributed by atoms with Crippen LogP contribution >= 0.6 is 0 Å². The van der Waals surface area contributed by atoms with E-state index >= 15 is 0 Å². The third-order valence-corrected chi connectivity index (χ3v) is 6.55. The molecule has 0 aromatic heterocycles. The Morgan fingerprint density at radius 2 is 1.63 bits per heavy atom. The average molecular weight is 377 g/mol. The van der Waals surface area contributed by atoms with Crippen LogP contribution in [0.5, 0.6) is 0 Å². The molecular weight excluding hydrogens is 348 g/mol. The van der Waals surface area contributed by atoms with Crippen molar-refractivity contribution in [2.24, 2.45) is 5.92 Å². The summed E-state index contributed by atoms with van der Waals surface area (Å²) in [6.45, 7) is 5.45. The van der Waals surface area contributed by atoms with E-state index in [0.29, 0.717) is 11.9 Å². The zero-order valence-electron chi connectivity index (χ0n) is 15.9. The lowest BCUT2D eigenvalue weighted by Gasteiger charge is -2.39. The molecule has 1 aromatic carbocycles. The van der Waals surface area contributed by atoms with Gasteiger partial charge in [0.15, 0.2) is 11.6 Å². The molecule has 0 atom stereocenters. The van der Waals surface area contributed by atoms with Crippen molar-refractivity contribution in [2.75, 3.05) is 44.2 Å². The Kier molecular flexibility index (Phi) is 5.62. The fourth-order valence-corrected chi connectivity index (χ4v) is 4.61. The van der Waals surface area contributed by atoms with E-state index in [1.807, 2.05) is 0 Å². The third-order valence-electron chi connectivity index (χ3n) is 6.55. The van der Waals surface area contributed by atoms with Gasteiger partial charge in [0.2, 0.25) is 5.91 Å². The molecule has 3 aliphatic rings. The Hall–Kier alpha value is -1.69. The molecule has 2 aliphatic heterocycles. The number of halogens is 2. The number of rotatable bonds is 3. The maximum Gasteiger partial charge on any atom is 0.225 e. The van der Waals surface area contributed by atoms with Crippen LogP contribution in [0.4, 0.5) is 14.5 Å². The summed E-state index contributed by atoms with van der Waals surface area (Å²) in [6.07, 6.45) is 6.43. The zero-order chi connectivity index (χ0) is 18.8. The first kappa shape index (κ1) is 18.7. The lowest BCUT2D eigenvalue weighted by Crippen LogP contribution is -2.47. The predicted octanol–water partition coefficient (Wildman–Crippen LogP) is 3.27. The molecule has 4 nitrogen and oxygen atoms in total. The topological polar surface area (TPSA) is 26.8 Å². The van der Waals surface area contributed by atoms with Crippen molar-refractivity contribution in [1.29, 1.82) is 0 Å². The molecule has 2 heterocycles. The van der Waals surface area contributed by atoms with Crippen molar-refractivity contribution in [3.8, 4) is 0 Å². The molecule has 27 heavy (non-hydrogen) atoms. The fraction of sp³-hybridized carbons (Fsp3) is 0.667. The van der Waals surface area contributed by atoms with E-state index in [0.717, 1.165) is 77.1 Å². The van der Waals surface area contributed by atoms with Crippen LogP contribution in [-0.4, -0.2) is 61.0 Å². The standard InChI is InChI=1S/C21H29F2N3O/c22-19-6-5-18(15-20(19)23)25-11-7-17(8-12-25)24-9-2-10-26(14-13-24)21(27)16-3-1-4-16/h5-6,15-17H,1-4,7-14H2. The highest BCUT2D eigenvalue weighted by Crippen LogP contribution is 2.29. The summed E-state index contributed by atoms with van der Waals surface area (Å²) in [4.78, 5) is 19.3. The monoisotopic (exact) mass is 377 g/mol. The smallest absolute Gasteiger partial charge is 0.225 e. The highest BCUT2D eigenvalue weighted by molar-refractivity contribution is 5.79. The number of nitrogens with zero attached hydrogens (tertiary/aromatic N) is 3. The molecule has 148 valence electrons.